The molecule has 15 heavy (non-hydrogen) atoms. The number of benzene rings is 1. The van der Waals surface area contributed by atoms with Gasteiger partial charge in [-0.1, -0.05) is 33.6 Å². The van der Waals surface area contributed by atoms with E-state index in [0.717, 1.165) is 0 Å². The summed E-state index contributed by atoms with van der Waals surface area (Å²) >= 11 is 8.85. The van der Waals surface area contributed by atoms with Crippen molar-refractivity contribution in [2.24, 2.45) is 0 Å². The van der Waals surface area contributed by atoms with Crippen LogP contribution in [0.4, 0.5) is 13.2 Å². The molecule has 0 aliphatic heterocycles. The molecule has 0 radical (unpaired) electrons. The van der Waals surface area contributed by atoms with Gasteiger partial charge in [-0.25, -0.2) is 0 Å². The van der Waals surface area contributed by atoms with Crippen molar-refractivity contribution in [3.8, 4) is 0 Å². The number of aliphatic hydroxyl groups excluding tert-OH is 1. The van der Waals surface area contributed by atoms with Crippen molar-refractivity contribution < 1.29 is 18.3 Å². The van der Waals surface area contributed by atoms with E-state index in [1.54, 1.807) is 6.07 Å². The Bertz CT molecular complexity index is 354. The highest BCUT2D eigenvalue weighted by atomic mass is 79.9. The summed E-state index contributed by atoms with van der Waals surface area (Å²) in [4.78, 5) is 0. The molecule has 0 aliphatic rings. The summed E-state index contributed by atoms with van der Waals surface area (Å²) in [6.45, 7) is 0. The Hall–Kier alpha value is -0.260. The van der Waals surface area contributed by atoms with Crippen LogP contribution in [-0.4, -0.2) is 17.4 Å². The Balaban J connectivity index is 2.82. The lowest BCUT2D eigenvalue weighted by Crippen LogP contribution is -2.30. The largest absolute Gasteiger partial charge is 0.414 e. The van der Waals surface area contributed by atoms with Crippen LogP contribution in [-0.2, 0) is 6.42 Å². The molecule has 0 saturated carbocycles. The molecular formula is C9H7BrClF3O. The van der Waals surface area contributed by atoms with Crippen molar-refractivity contribution in [3.63, 3.8) is 0 Å². The molecule has 1 N–H and O–H groups in total. The van der Waals surface area contributed by atoms with Gasteiger partial charge < -0.3 is 5.11 Å². The van der Waals surface area contributed by atoms with Gasteiger partial charge in [0.1, 0.15) is 0 Å². The third-order valence-electron chi connectivity index (χ3n) is 1.81. The van der Waals surface area contributed by atoms with Gasteiger partial charge in [-0.3, -0.25) is 0 Å². The molecule has 0 amide bonds. The Morgan fingerprint density at radius 2 is 2.00 bits per heavy atom. The number of halogens is 5. The summed E-state index contributed by atoms with van der Waals surface area (Å²) < 4.78 is 36.8. The number of aliphatic hydroxyl groups is 1. The van der Waals surface area contributed by atoms with Gasteiger partial charge in [0, 0.05) is 15.9 Å². The SMILES string of the molecule is OC(Cc1ccc(Br)cc1Cl)C(F)(F)F. The second kappa shape index (κ2) is 4.72. The first-order valence-electron chi connectivity index (χ1n) is 3.99. The van der Waals surface area contributed by atoms with Crippen LogP contribution in [0.25, 0.3) is 0 Å². The fourth-order valence-electron chi connectivity index (χ4n) is 1.01. The number of alkyl halides is 3. The highest BCUT2D eigenvalue weighted by Gasteiger charge is 2.38. The smallest absolute Gasteiger partial charge is 0.383 e. The van der Waals surface area contributed by atoms with Crippen molar-refractivity contribution in [1.29, 1.82) is 0 Å². The van der Waals surface area contributed by atoms with Gasteiger partial charge in [-0.15, -0.1) is 0 Å². The van der Waals surface area contributed by atoms with E-state index in [4.69, 9.17) is 16.7 Å². The van der Waals surface area contributed by atoms with Gasteiger partial charge >= 0.3 is 6.18 Å². The Morgan fingerprint density at radius 1 is 1.40 bits per heavy atom. The Labute approximate surface area is 98.0 Å². The minimum Gasteiger partial charge on any atom is -0.383 e. The van der Waals surface area contributed by atoms with Gasteiger partial charge in [0.2, 0.25) is 0 Å². The first-order chi connectivity index (χ1) is 6.80. The molecule has 0 bridgehead atoms. The maximum Gasteiger partial charge on any atom is 0.414 e. The molecule has 0 aliphatic carbocycles. The van der Waals surface area contributed by atoms with Crippen molar-refractivity contribution in [2.75, 3.05) is 0 Å². The number of hydrogen-bond donors (Lipinski definition) is 1. The van der Waals surface area contributed by atoms with Crippen molar-refractivity contribution >= 4 is 27.5 Å². The molecule has 0 fully saturated rings. The topological polar surface area (TPSA) is 20.2 Å². The van der Waals surface area contributed by atoms with Crippen LogP contribution < -0.4 is 0 Å². The second-order valence-electron chi connectivity index (χ2n) is 3.00. The van der Waals surface area contributed by atoms with Gasteiger partial charge in [-0.2, -0.15) is 13.2 Å². The van der Waals surface area contributed by atoms with Crippen LogP contribution in [0.1, 0.15) is 5.56 Å². The van der Waals surface area contributed by atoms with E-state index in [1.165, 1.54) is 12.1 Å². The average Bonchev–Trinajstić information content (AvgIpc) is 2.08. The van der Waals surface area contributed by atoms with Crippen LogP contribution in [0.15, 0.2) is 22.7 Å². The zero-order valence-corrected chi connectivity index (χ0v) is 9.70. The summed E-state index contributed by atoms with van der Waals surface area (Å²) in [5.41, 5.74) is 0.268. The van der Waals surface area contributed by atoms with Crippen molar-refractivity contribution in [3.05, 3.63) is 33.3 Å². The minimum atomic E-state index is -4.61. The molecule has 0 heterocycles. The maximum absolute atomic E-state index is 12.0. The molecule has 0 aromatic heterocycles. The molecule has 6 heteroatoms. The van der Waals surface area contributed by atoms with Crippen LogP contribution >= 0.6 is 27.5 Å². The van der Waals surface area contributed by atoms with E-state index < -0.39 is 18.7 Å². The summed E-state index contributed by atoms with van der Waals surface area (Å²) in [5.74, 6) is 0. The lowest BCUT2D eigenvalue weighted by Gasteiger charge is -2.15. The van der Waals surface area contributed by atoms with E-state index in [1.807, 2.05) is 0 Å². The molecule has 0 saturated heterocycles. The summed E-state index contributed by atoms with van der Waals surface area (Å²) in [6, 6.07) is 4.51. The predicted molar refractivity (Wildman–Crippen MR) is 54.9 cm³/mol. The highest BCUT2D eigenvalue weighted by molar-refractivity contribution is 9.10. The zero-order valence-electron chi connectivity index (χ0n) is 7.35. The molecule has 1 aromatic rings. The maximum atomic E-state index is 12.0. The summed E-state index contributed by atoms with van der Waals surface area (Å²) in [5, 5.41) is 9.04. The monoisotopic (exact) mass is 302 g/mol. The van der Waals surface area contributed by atoms with E-state index >= 15 is 0 Å². The molecule has 1 unspecified atom stereocenters. The predicted octanol–water partition coefficient (Wildman–Crippen LogP) is 3.57. The van der Waals surface area contributed by atoms with Crippen LogP contribution in [0.3, 0.4) is 0 Å². The first kappa shape index (κ1) is 12.8. The zero-order chi connectivity index (χ0) is 11.6. The van der Waals surface area contributed by atoms with Gasteiger partial charge in [0.25, 0.3) is 0 Å². The minimum absolute atomic E-state index is 0.202. The van der Waals surface area contributed by atoms with Gasteiger partial charge in [0.05, 0.1) is 0 Å². The normalized spacial score (nSPS) is 14.0. The summed E-state index contributed by atoms with van der Waals surface area (Å²) in [7, 11) is 0. The van der Waals surface area contributed by atoms with Gasteiger partial charge in [-0.05, 0) is 17.7 Å². The molecule has 1 rings (SSSR count). The van der Waals surface area contributed by atoms with E-state index in [0.29, 0.717) is 4.47 Å². The standard InChI is InChI=1S/C9H7BrClF3O/c10-6-2-1-5(7(11)4-6)3-8(15)9(12,13)14/h1-2,4,8,15H,3H2. The van der Waals surface area contributed by atoms with Crippen LogP contribution in [0.5, 0.6) is 0 Å². The van der Waals surface area contributed by atoms with Crippen LogP contribution in [0.2, 0.25) is 5.02 Å². The van der Waals surface area contributed by atoms with E-state index in [9.17, 15) is 13.2 Å². The third kappa shape index (κ3) is 3.66. The Kier molecular flexibility index (Phi) is 4.03. The fourth-order valence-corrected chi connectivity index (χ4v) is 1.76. The van der Waals surface area contributed by atoms with E-state index in [-0.39, 0.29) is 10.6 Å². The Morgan fingerprint density at radius 3 is 2.47 bits per heavy atom. The van der Waals surface area contributed by atoms with Crippen molar-refractivity contribution in [1.82, 2.24) is 0 Å². The molecule has 1 nitrogen and oxygen atoms in total. The average molecular weight is 304 g/mol. The third-order valence-corrected chi connectivity index (χ3v) is 2.65. The van der Waals surface area contributed by atoms with Gasteiger partial charge in [0.15, 0.2) is 6.10 Å². The number of rotatable bonds is 2. The van der Waals surface area contributed by atoms with Crippen LogP contribution in [0, 0.1) is 0 Å². The fraction of sp³-hybridized carbons (Fsp3) is 0.333. The molecule has 84 valence electrons. The molecule has 1 aromatic carbocycles. The second-order valence-corrected chi connectivity index (χ2v) is 4.32. The number of hydrogen-bond acceptors (Lipinski definition) is 1. The quantitative estimate of drug-likeness (QED) is 0.885. The lowest BCUT2D eigenvalue weighted by atomic mass is 10.1. The lowest BCUT2D eigenvalue weighted by molar-refractivity contribution is -0.203. The van der Waals surface area contributed by atoms with E-state index in [2.05, 4.69) is 15.9 Å². The highest BCUT2D eigenvalue weighted by Crippen LogP contribution is 2.27. The summed E-state index contributed by atoms with van der Waals surface area (Å²) in [6.07, 6.45) is -7.53. The molecular weight excluding hydrogens is 296 g/mol. The van der Waals surface area contributed by atoms with Crippen molar-refractivity contribution in [2.45, 2.75) is 18.7 Å². The first-order valence-corrected chi connectivity index (χ1v) is 5.16. The molecule has 1 atom stereocenters. The molecule has 0 spiro atoms.